The van der Waals surface area contributed by atoms with E-state index in [1.54, 1.807) is 10.9 Å². The number of hydrogen-bond acceptors (Lipinski definition) is 3. The molecule has 1 aliphatic rings. The van der Waals surface area contributed by atoms with Crippen molar-refractivity contribution in [3.63, 3.8) is 0 Å². The Morgan fingerprint density at radius 2 is 2.26 bits per heavy atom. The van der Waals surface area contributed by atoms with Gasteiger partial charge in [-0.15, -0.1) is 12.4 Å². The van der Waals surface area contributed by atoms with Gasteiger partial charge in [-0.25, -0.2) is 4.68 Å². The van der Waals surface area contributed by atoms with Crippen LogP contribution in [0, 0.1) is 6.92 Å². The van der Waals surface area contributed by atoms with Crippen LogP contribution >= 0.6 is 24.0 Å². The third-order valence-corrected chi connectivity index (χ3v) is 4.33. The molecule has 2 aromatic rings. The number of halogens is 2. The number of nitrogens with zero attached hydrogens (tertiary/aromatic N) is 2. The quantitative estimate of drug-likeness (QED) is 0.887. The van der Waals surface area contributed by atoms with Crippen molar-refractivity contribution >= 4 is 29.9 Å². The molecule has 1 aromatic heterocycles. The summed E-state index contributed by atoms with van der Waals surface area (Å²) in [6.07, 6.45) is 3.87. The Bertz CT molecular complexity index is 680. The van der Waals surface area contributed by atoms with Crippen LogP contribution < -0.4 is 10.6 Å². The summed E-state index contributed by atoms with van der Waals surface area (Å²) in [7, 11) is 0. The second kappa shape index (κ2) is 7.81. The first kappa shape index (κ1) is 17.8. The van der Waals surface area contributed by atoms with E-state index in [0.29, 0.717) is 23.2 Å². The lowest BCUT2D eigenvalue weighted by Crippen LogP contribution is -2.37. The number of carbonyl (C=O) groups excluding carboxylic acids is 1. The SMILES string of the molecule is Cc1c(C(=O)NCC2CCCN2)cnn1-c1ccccc1Cl.Cl. The maximum Gasteiger partial charge on any atom is 0.254 e. The number of aromatic nitrogens is 2. The van der Waals surface area contributed by atoms with Gasteiger partial charge in [0.25, 0.3) is 5.91 Å². The first-order valence-electron chi connectivity index (χ1n) is 7.48. The molecular weight excluding hydrogens is 335 g/mol. The van der Waals surface area contributed by atoms with Crippen LogP contribution in [-0.4, -0.2) is 34.8 Å². The third-order valence-electron chi connectivity index (χ3n) is 4.01. The van der Waals surface area contributed by atoms with Crippen LogP contribution in [0.25, 0.3) is 5.69 Å². The molecule has 0 aliphatic carbocycles. The van der Waals surface area contributed by atoms with Crippen molar-refractivity contribution < 1.29 is 4.79 Å². The first-order valence-corrected chi connectivity index (χ1v) is 7.85. The molecule has 1 aliphatic heterocycles. The topological polar surface area (TPSA) is 59.0 Å². The fourth-order valence-electron chi connectivity index (χ4n) is 2.74. The molecule has 0 radical (unpaired) electrons. The second-order valence-electron chi connectivity index (χ2n) is 5.51. The Labute approximate surface area is 146 Å². The largest absolute Gasteiger partial charge is 0.350 e. The number of benzene rings is 1. The summed E-state index contributed by atoms with van der Waals surface area (Å²) in [6, 6.07) is 7.83. The summed E-state index contributed by atoms with van der Waals surface area (Å²) >= 11 is 6.20. The molecule has 124 valence electrons. The van der Waals surface area contributed by atoms with Crippen LogP contribution in [0.5, 0.6) is 0 Å². The standard InChI is InChI=1S/C16H19ClN4O.ClH/c1-11-13(16(22)19-9-12-5-4-8-18-12)10-20-21(11)15-7-3-2-6-14(15)17;/h2-3,6-7,10,12,18H,4-5,8-9H2,1H3,(H,19,22);1H. The molecule has 3 rings (SSSR count). The predicted molar refractivity (Wildman–Crippen MR) is 93.9 cm³/mol. The number of amides is 1. The van der Waals surface area contributed by atoms with Gasteiger partial charge in [0.2, 0.25) is 0 Å². The molecule has 0 saturated carbocycles. The van der Waals surface area contributed by atoms with Crippen molar-refractivity contribution in [1.29, 1.82) is 0 Å². The van der Waals surface area contributed by atoms with E-state index in [2.05, 4.69) is 15.7 Å². The maximum absolute atomic E-state index is 12.3. The Morgan fingerprint density at radius 3 is 2.96 bits per heavy atom. The summed E-state index contributed by atoms with van der Waals surface area (Å²) in [6.45, 7) is 3.55. The maximum atomic E-state index is 12.3. The zero-order valence-electron chi connectivity index (χ0n) is 12.9. The molecule has 7 heteroatoms. The summed E-state index contributed by atoms with van der Waals surface area (Å²) in [4.78, 5) is 12.3. The van der Waals surface area contributed by atoms with Crippen LogP contribution in [0.1, 0.15) is 28.9 Å². The molecule has 1 saturated heterocycles. The van der Waals surface area contributed by atoms with Gasteiger partial charge in [-0.3, -0.25) is 4.79 Å². The lowest BCUT2D eigenvalue weighted by atomic mass is 10.2. The van der Waals surface area contributed by atoms with E-state index >= 15 is 0 Å². The van der Waals surface area contributed by atoms with Gasteiger partial charge >= 0.3 is 0 Å². The van der Waals surface area contributed by atoms with Gasteiger partial charge in [0.1, 0.15) is 0 Å². The molecule has 0 spiro atoms. The van der Waals surface area contributed by atoms with Gasteiger partial charge < -0.3 is 10.6 Å². The smallest absolute Gasteiger partial charge is 0.254 e. The fourth-order valence-corrected chi connectivity index (χ4v) is 2.96. The summed E-state index contributed by atoms with van der Waals surface area (Å²) in [5, 5.41) is 11.2. The first-order chi connectivity index (χ1) is 10.7. The monoisotopic (exact) mass is 354 g/mol. The minimum absolute atomic E-state index is 0. The third kappa shape index (κ3) is 3.86. The summed E-state index contributed by atoms with van der Waals surface area (Å²) in [5.41, 5.74) is 2.14. The molecule has 2 heterocycles. The van der Waals surface area contributed by atoms with E-state index in [-0.39, 0.29) is 18.3 Å². The highest BCUT2D eigenvalue weighted by Gasteiger charge is 2.19. The van der Waals surface area contributed by atoms with Crippen LogP contribution in [0.4, 0.5) is 0 Å². The van der Waals surface area contributed by atoms with Gasteiger partial charge in [0.05, 0.1) is 28.2 Å². The Hall–Kier alpha value is -1.56. The molecule has 0 bridgehead atoms. The van der Waals surface area contributed by atoms with E-state index in [0.717, 1.165) is 24.3 Å². The van der Waals surface area contributed by atoms with E-state index in [1.165, 1.54) is 6.42 Å². The van der Waals surface area contributed by atoms with E-state index < -0.39 is 0 Å². The number of para-hydroxylation sites is 1. The molecule has 1 unspecified atom stereocenters. The second-order valence-corrected chi connectivity index (χ2v) is 5.92. The number of nitrogens with one attached hydrogen (secondary N) is 2. The molecule has 5 nitrogen and oxygen atoms in total. The molecule has 1 amide bonds. The molecular formula is C16H20Cl2N4O. The van der Waals surface area contributed by atoms with Gasteiger partial charge in [0.15, 0.2) is 0 Å². The minimum atomic E-state index is -0.0931. The van der Waals surface area contributed by atoms with Crippen molar-refractivity contribution in [3.8, 4) is 5.69 Å². The fraction of sp³-hybridized carbons (Fsp3) is 0.375. The molecule has 2 N–H and O–H groups in total. The van der Waals surface area contributed by atoms with Crippen LogP contribution in [0.3, 0.4) is 0 Å². The van der Waals surface area contributed by atoms with Crippen molar-refractivity contribution in [2.75, 3.05) is 13.1 Å². The number of rotatable bonds is 4. The number of hydrogen-bond donors (Lipinski definition) is 2. The van der Waals surface area contributed by atoms with E-state index in [4.69, 9.17) is 11.6 Å². The van der Waals surface area contributed by atoms with Gasteiger partial charge in [-0.1, -0.05) is 23.7 Å². The highest BCUT2D eigenvalue weighted by Crippen LogP contribution is 2.22. The molecule has 1 atom stereocenters. The highest BCUT2D eigenvalue weighted by molar-refractivity contribution is 6.32. The average Bonchev–Trinajstić information content (AvgIpc) is 3.15. The number of carbonyl (C=O) groups is 1. The van der Waals surface area contributed by atoms with Crippen LogP contribution in [0.15, 0.2) is 30.5 Å². The summed E-state index contributed by atoms with van der Waals surface area (Å²) < 4.78 is 1.70. The van der Waals surface area contributed by atoms with E-state index in [9.17, 15) is 4.79 Å². The lowest BCUT2D eigenvalue weighted by Gasteiger charge is -2.11. The Balaban J connectivity index is 0.00000192. The van der Waals surface area contributed by atoms with Crippen LogP contribution in [0.2, 0.25) is 5.02 Å². The van der Waals surface area contributed by atoms with Crippen molar-refractivity contribution in [1.82, 2.24) is 20.4 Å². The van der Waals surface area contributed by atoms with Gasteiger partial charge in [-0.2, -0.15) is 5.10 Å². The Kier molecular flexibility index (Phi) is 6.04. The van der Waals surface area contributed by atoms with Crippen molar-refractivity contribution in [3.05, 3.63) is 46.7 Å². The zero-order valence-corrected chi connectivity index (χ0v) is 14.5. The van der Waals surface area contributed by atoms with Gasteiger partial charge in [0, 0.05) is 12.6 Å². The minimum Gasteiger partial charge on any atom is -0.350 e. The lowest BCUT2D eigenvalue weighted by molar-refractivity contribution is 0.0949. The highest BCUT2D eigenvalue weighted by atomic mass is 35.5. The van der Waals surface area contributed by atoms with Crippen molar-refractivity contribution in [2.24, 2.45) is 0 Å². The zero-order chi connectivity index (χ0) is 15.5. The van der Waals surface area contributed by atoms with Crippen molar-refractivity contribution in [2.45, 2.75) is 25.8 Å². The summed E-state index contributed by atoms with van der Waals surface area (Å²) in [5.74, 6) is -0.0931. The normalized spacial score (nSPS) is 16.9. The Morgan fingerprint density at radius 1 is 1.48 bits per heavy atom. The average molecular weight is 355 g/mol. The van der Waals surface area contributed by atoms with Crippen LogP contribution in [-0.2, 0) is 0 Å². The molecule has 23 heavy (non-hydrogen) atoms. The van der Waals surface area contributed by atoms with Gasteiger partial charge in [-0.05, 0) is 38.4 Å². The predicted octanol–water partition coefficient (Wildman–Crippen LogP) is 2.74. The molecule has 1 fully saturated rings. The molecule has 1 aromatic carbocycles. The van der Waals surface area contributed by atoms with E-state index in [1.807, 2.05) is 31.2 Å².